The SMILES string of the molecule is CC[C@H](Oc1ccccc1OC)C(=O)Nc1cccc([N+](=O)[O-])c1C. The van der Waals surface area contributed by atoms with Gasteiger partial charge < -0.3 is 14.8 Å². The second-order valence-corrected chi connectivity index (χ2v) is 5.36. The van der Waals surface area contributed by atoms with Crippen molar-refractivity contribution in [3.8, 4) is 11.5 Å². The second-order valence-electron chi connectivity index (χ2n) is 5.36. The molecule has 0 spiro atoms. The van der Waals surface area contributed by atoms with Gasteiger partial charge in [-0.3, -0.25) is 14.9 Å². The van der Waals surface area contributed by atoms with Crippen molar-refractivity contribution in [3.05, 3.63) is 58.1 Å². The Kier molecular flexibility index (Phi) is 5.94. The van der Waals surface area contributed by atoms with Gasteiger partial charge in [-0.05, 0) is 31.5 Å². The first-order chi connectivity index (χ1) is 12.0. The van der Waals surface area contributed by atoms with Crippen molar-refractivity contribution in [2.45, 2.75) is 26.4 Å². The first-order valence-electron chi connectivity index (χ1n) is 7.82. The highest BCUT2D eigenvalue weighted by atomic mass is 16.6. The highest BCUT2D eigenvalue weighted by Crippen LogP contribution is 2.28. The molecule has 7 nitrogen and oxygen atoms in total. The number of carbonyl (C=O) groups is 1. The summed E-state index contributed by atoms with van der Waals surface area (Å²) in [6, 6.07) is 11.6. The minimum absolute atomic E-state index is 0.0449. The quantitative estimate of drug-likeness (QED) is 0.611. The van der Waals surface area contributed by atoms with Gasteiger partial charge >= 0.3 is 0 Å². The molecule has 0 bridgehead atoms. The van der Waals surface area contributed by atoms with Gasteiger partial charge in [-0.25, -0.2) is 0 Å². The van der Waals surface area contributed by atoms with Gasteiger partial charge in [0, 0.05) is 6.07 Å². The number of nitro groups is 1. The maximum absolute atomic E-state index is 12.5. The molecule has 2 aromatic rings. The highest BCUT2D eigenvalue weighted by molar-refractivity contribution is 5.95. The predicted octanol–water partition coefficient (Wildman–Crippen LogP) is 3.71. The van der Waals surface area contributed by atoms with Crippen LogP contribution in [0.1, 0.15) is 18.9 Å². The van der Waals surface area contributed by atoms with Gasteiger partial charge in [0.2, 0.25) is 0 Å². The van der Waals surface area contributed by atoms with E-state index < -0.39 is 11.0 Å². The van der Waals surface area contributed by atoms with E-state index >= 15 is 0 Å². The lowest BCUT2D eigenvalue weighted by Crippen LogP contribution is -2.32. The first-order valence-corrected chi connectivity index (χ1v) is 7.82. The van der Waals surface area contributed by atoms with Crippen molar-refractivity contribution in [1.29, 1.82) is 0 Å². The average molecular weight is 344 g/mol. The standard InChI is InChI=1S/C18H20N2O5/c1-4-15(25-17-11-6-5-10-16(17)24-3)18(21)19-13-8-7-9-14(12(13)2)20(22)23/h5-11,15H,4H2,1-3H3,(H,19,21)/t15-/m0/s1. The van der Waals surface area contributed by atoms with E-state index in [0.29, 0.717) is 29.2 Å². The Labute approximate surface area is 145 Å². The number of para-hydroxylation sites is 2. The molecule has 132 valence electrons. The number of nitrogens with zero attached hydrogens (tertiary/aromatic N) is 1. The van der Waals surface area contributed by atoms with Crippen LogP contribution in [0.15, 0.2) is 42.5 Å². The summed E-state index contributed by atoms with van der Waals surface area (Å²) in [6.45, 7) is 3.41. The van der Waals surface area contributed by atoms with Crippen molar-refractivity contribution >= 4 is 17.3 Å². The van der Waals surface area contributed by atoms with Crippen molar-refractivity contribution < 1.29 is 19.2 Å². The Morgan fingerprint density at radius 1 is 1.20 bits per heavy atom. The van der Waals surface area contributed by atoms with Crippen LogP contribution in [-0.2, 0) is 4.79 Å². The number of methoxy groups -OCH3 is 1. The van der Waals surface area contributed by atoms with Crippen LogP contribution >= 0.6 is 0 Å². The zero-order chi connectivity index (χ0) is 18.4. The lowest BCUT2D eigenvalue weighted by molar-refractivity contribution is -0.385. The van der Waals surface area contributed by atoms with Gasteiger partial charge in [0.05, 0.1) is 23.3 Å². The lowest BCUT2D eigenvalue weighted by atomic mass is 10.1. The fraction of sp³-hybridized carbons (Fsp3) is 0.278. The summed E-state index contributed by atoms with van der Waals surface area (Å²) in [5.74, 6) is 0.611. The second kappa shape index (κ2) is 8.14. The Balaban J connectivity index is 2.18. The summed E-state index contributed by atoms with van der Waals surface area (Å²) in [6.07, 6.45) is -0.326. The largest absolute Gasteiger partial charge is 0.493 e. The number of nitrogens with one attached hydrogen (secondary N) is 1. The predicted molar refractivity (Wildman–Crippen MR) is 94.2 cm³/mol. The van der Waals surface area contributed by atoms with Gasteiger partial charge in [-0.1, -0.05) is 25.1 Å². The van der Waals surface area contributed by atoms with E-state index in [2.05, 4.69) is 5.32 Å². The maximum atomic E-state index is 12.5. The van der Waals surface area contributed by atoms with E-state index in [0.717, 1.165) is 0 Å². The molecule has 0 unspecified atom stereocenters. The van der Waals surface area contributed by atoms with Gasteiger partial charge in [0.15, 0.2) is 17.6 Å². The van der Waals surface area contributed by atoms with Crippen LogP contribution in [-0.4, -0.2) is 24.0 Å². The topological polar surface area (TPSA) is 90.7 Å². The van der Waals surface area contributed by atoms with E-state index in [9.17, 15) is 14.9 Å². The first kappa shape index (κ1) is 18.3. The summed E-state index contributed by atoms with van der Waals surface area (Å²) in [5.41, 5.74) is 0.741. The molecule has 0 aromatic heterocycles. The van der Waals surface area contributed by atoms with Crippen LogP contribution in [0.3, 0.4) is 0 Å². The molecule has 1 atom stereocenters. The van der Waals surface area contributed by atoms with Crippen molar-refractivity contribution in [1.82, 2.24) is 0 Å². The number of hydrogen-bond acceptors (Lipinski definition) is 5. The molecule has 1 N–H and O–H groups in total. The van der Waals surface area contributed by atoms with Crippen LogP contribution in [0.4, 0.5) is 11.4 Å². The number of carbonyl (C=O) groups excluding carboxylic acids is 1. The summed E-state index contributed by atoms with van der Waals surface area (Å²) in [4.78, 5) is 23.1. The number of amides is 1. The van der Waals surface area contributed by atoms with Crippen LogP contribution in [0.25, 0.3) is 0 Å². The normalized spacial score (nSPS) is 11.5. The summed E-state index contributed by atoms with van der Waals surface area (Å²) < 4.78 is 11.0. The molecule has 0 aliphatic rings. The van der Waals surface area contributed by atoms with E-state index in [-0.39, 0.29) is 11.6 Å². The van der Waals surface area contributed by atoms with Gasteiger partial charge in [-0.15, -0.1) is 0 Å². The van der Waals surface area contributed by atoms with Crippen molar-refractivity contribution in [2.24, 2.45) is 0 Å². The van der Waals surface area contributed by atoms with Crippen molar-refractivity contribution in [2.75, 3.05) is 12.4 Å². The molecule has 0 radical (unpaired) electrons. The maximum Gasteiger partial charge on any atom is 0.274 e. The molecule has 0 aliphatic carbocycles. The number of ether oxygens (including phenoxy) is 2. The van der Waals surface area contributed by atoms with Crippen LogP contribution in [0.5, 0.6) is 11.5 Å². The zero-order valence-corrected chi connectivity index (χ0v) is 14.3. The monoisotopic (exact) mass is 344 g/mol. The smallest absolute Gasteiger partial charge is 0.274 e. The third-order valence-electron chi connectivity index (χ3n) is 3.76. The number of nitro benzene ring substituents is 1. The van der Waals surface area contributed by atoms with E-state index in [4.69, 9.17) is 9.47 Å². The number of anilines is 1. The van der Waals surface area contributed by atoms with Crippen LogP contribution in [0.2, 0.25) is 0 Å². The molecule has 1 amide bonds. The van der Waals surface area contributed by atoms with E-state index in [1.807, 2.05) is 6.92 Å². The molecule has 25 heavy (non-hydrogen) atoms. The van der Waals surface area contributed by atoms with Gasteiger partial charge in [0.25, 0.3) is 11.6 Å². The fourth-order valence-corrected chi connectivity index (χ4v) is 2.36. The number of benzene rings is 2. The van der Waals surface area contributed by atoms with Crippen LogP contribution in [0, 0.1) is 17.0 Å². The fourth-order valence-electron chi connectivity index (χ4n) is 2.36. The Bertz CT molecular complexity index is 776. The molecule has 0 saturated carbocycles. The zero-order valence-electron chi connectivity index (χ0n) is 14.3. The third-order valence-corrected chi connectivity index (χ3v) is 3.76. The average Bonchev–Trinajstić information content (AvgIpc) is 2.61. The molecule has 7 heteroatoms. The number of rotatable bonds is 7. The van der Waals surface area contributed by atoms with Crippen LogP contribution < -0.4 is 14.8 Å². The molecular weight excluding hydrogens is 324 g/mol. The molecule has 2 aromatic carbocycles. The van der Waals surface area contributed by atoms with Gasteiger partial charge in [0.1, 0.15) is 0 Å². The lowest BCUT2D eigenvalue weighted by Gasteiger charge is -2.19. The molecule has 0 fully saturated rings. The highest BCUT2D eigenvalue weighted by Gasteiger charge is 2.22. The summed E-state index contributed by atoms with van der Waals surface area (Å²) in [7, 11) is 1.52. The molecule has 0 aliphatic heterocycles. The van der Waals surface area contributed by atoms with E-state index in [1.165, 1.54) is 19.2 Å². The summed E-state index contributed by atoms with van der Waals surface area (Å²) >= 11 is 0. The Morgan fingerprint density at radius 3 is 2.48 bits per heavy atom. The molecule has 0 heterocycles. The summed E-state index contributed by atoms with van der Waals surface area (Å²) in [5, 5.41) is 13.7. The minimum atomic E-state index is -0.755. The Morgan fingerprint density at radius 2 is 1.88 bits per heavy atom. The van der Waals surface area contributed by atoms with Gasteiger partial charge in [-0.2, -0.15) is 0 Å². The minimum Gasteiger partial charge on any atom is -0.493 e. The molecular formula is C18H20N2O5. The van der Waals surface area contributed by atoms with Crippen molar-refractivity contribution in [3.63, 3.8) is 0 Å². The Hall–Kier alpha value is -3.09. The number of hydrogen-bond donors (Lipinski definition) is 1. The molecule has 0 saturated heterocycles. The van der Waals surface area contributed by atoms with E-state index in [1.54, 1.807) is 37.3 Å². The third kappa shape index (κ3) is 4.26. The molecule has 2 rings (SSSR count).